The van der Waals surface area contributed by atoms with Gasteiger partial charge < -0.3 is 9.47 Å². The van der Waals surface area contributed by atoms with Crippen LogP contribution >= 0.6 is 0 Å². The minimum atomic E-state index is 0. The van der Waals surface area contributed by atoms with Gasteiger partial charge in [-0.05, 0) is 66.0 Å². The summed E-state index contributed by atoms with van der Waals surface area (Å²) < 4.78 is 12.8. The molecule has 2 aliphatic heterocycles. The first kappa shape index (κ1) is 17.6. The van der Waals surface area contributed by atoms with E-state index in [1.807, 2.05) is 18.2 Å². The molecule has 0 amide bonds. The molecule has 2 bridgehead atoms. The maximum Gasteiger partial charge on any atom is 0.233 e. The van der Waals surface area contributed by atoms with Crippen LogP contribution in [0.5, 0.6) is 23.0 Å². The van der Waals surface area contributed by atoms with Gasteiger partial charge in [-0.3, -0.25) is 0 Å². The number of ether oxygens (including phenoxy) is 2. The van der Waals surface area contributed by atoms with Crippen molar-refractivity contribution in [3.05, 3.63) is 66.2 Å². The van der Waals surface area contributed by atoms with Crippen LogP contribution in [0.4, 0.5) is 0 Å². The standard InChI is InChI=1S/C25H20BO2.Am/c1-2-8-20-18(6-1)26-19-7-3-5-17(25-13-11-16(15-25)12-14-25)24(19)28-22-10-4-9-21(27-20)23(22)26;/h1-3,5-10,16H,11-15H2;/q-1;. The molecule has 0 saturated heterocycles. The van der Waals surface area contributed by atoms with Crippen molar-refractivity contribution in [3.63, 3.8) is 0 Å². The number of benzene rings is 3. The molecule has 2 saturated carbocycles. The van der Waals surface area contributed by atoms with Crippen LogP contribution in [0.3, 0.4) is 0 Å². The molecule has 0 unspecified atom stereocenters. The number of hydrogen-bond acceptors (Lipinski definition) is 2. The quantitative estimate of drug-likeness (QED) is 0.212. The normalized spacial score (nSPS) is 24.6. The molecule has 0 aromatic heterocycles. The van der Waals surface area contributed by atoms with Crippen molar-refractivity contribution < 1.29 is 23.8 Å². The maximum absolute atomic E-state index is 6.62. The molecule has 1 radical (unpaired) electrons. The van der Waals surface area contributed by atoms with E-state index in [4.69, 9.17) is 9.47 Å². The fourth-order valence-corrected chi connectivity index (χ4v) is 6.33. The Bertz CT molecular complexity index is 1130. The van der Waals surface area contributed by atoms with Crippen LogP contribution in [0, 0.1) is 26.3 Å². The van der Waals surface area contributed by atoms with E-state index in [-0.39, 0.29) is 21.0 Å². The van der Waals surface area contributed by atoms with E-state index in [2.05, 4.69) is 42.5 Å². The summed E-state index contributed by atoms with van der Waals surface area (Å²) in [5.41, 5.74) is 5.43. The van der Waals surface area contributed by atoms with Crippen LogP contribution in [0.1, 0.15) is 37.7 Å². The third-order valence-electron chi connectivity index (χ3n) is 7.58. The summed E-state index contributed by atoms with van der Waals surface area (Å²) >= 11 is 0. The molecule has 2 heterocycles. The second-order valence-corrected chi connectivity index (χ2v) is 8.92. The van der Waals surface area contributed by atoms with Crippen LogP contribution in [0.15, 0.2) is 54.6 Å². The molecule has 29 heavy (non-hydrogen) atoms. The van der Waals surface area contributed by atoms with Gasteiger partial charge >= 0.3 is 0 Å². The molecule has 2 fully saturated rings. The molecule has 3 aromatic rings. The van der Waals surface area contributed by atoms with E-state index in [0.29, 0.717) is 5.41 Å². The van der Waals surface area contributed by atoms with Gasteiger partial charge in [-0.2, -0.15) is 6.07 Å². The third kappa shape index (κ3) is 2.28. The van der Waals surface area contributed by atoms with E-state index in [1.54, 1.807) is 0 Å². The molecule has 4 heteroatoms. The Morgan fingerprint density at radius 1 is 0.862 bits per heavy atom. The first-order chi connectivity index (χ1) is 13.8. The summed E-state index contributed by atoms with van der Waals surface area (Å²) in [5, 5.41) is 0. The monoisotopic (exact) mass is 604 g/mol. The molecule has 3 aromatic carbocycles. The largest absolute Gasteiger partial charge is 0.518 e. The number of rotatable bonds is 1. The Morgan fingerprint density at radius 3 is 2.41 bits per heavy atom. The number of fused-ring (bicyclic) bond motifs is 6. The average Bonchev–Trinajstić information content (AvgIpc) is 3.35. The number of hydrogen-bond donors (Lipinski definition) is 0. The van der Waals surface area contributed by atoms with Crippen LogP contribution in [0.2, 0.25) is 0 Å². The second kappa shape index (κ2) is 6.11. The van der Waals surface area contributed by atoms with Gasteiger partial charge in [0.25, 0.3) is 0 Å². The van der Waals surface area contributed by atoms with Gasteiger partial charge in [-0.25, -0.2) is 0 Å². The van der Waals surface area contributed by atoms with Crippen molar-refractivity contribution in [2.75, 3.05) is 0 Å². The van der Waals surface area contributed by atoms with E-state index < -0.39 is 0 Å². The Balaban J connectivity index is 0.00000165. The first-order valence-electron chi connectivity index (χ1n) is 10.4. The van der Waals surface area contributed by atoms with Gasteiger partial charge in [0.2, 0.25) is 6.71 Å². The summed E-state index contributed by atoms with van der Waals surface area (Å²) in [7, 11) is 0. The molecule has 0 spiro atoms. The van der Waals surface area contributed by atoms with Crippen LogP contribution in [-0.2, 0) is 5.41 Å². The van der Waals surface area contributed by atoms with Crippen molar-refractivity contribution in [3.8, 4) is 23.0 Å². The summed E-state index contributed by atoms with van der Waals surface area (Å²) in [6, 6.07) is 22.4. The van der Waals surface area contributed by atoms with Crippen molar-refractivity contribution in [2.45, 2.75) is 37.5 Å². The Hall–Kier alpha value is -2.29. The number of para-hydroxylation sites is 2. The van der Waals surface area contributed by atoms with Gasteiger partial charge in [0.05, 0.1) is 0 Å². The van der Waals surface area contributed by atoms with Crippen molar-refractivity contribution in [1.82, 2.24) is 0 Å². The van der Waals surface area contributed by atoms with Crippen molar-refractivity contribution in [2.24, 2.45) is 5.92 Å². The maximum atomic E-state index is 6.62. The van der Waals surface area contributed by atoms with Crippen molar-refractivity contribution in [1.29, 1.82) is 0 Å². The predicted octanol–water partition coefficient (Wildman–Crippen LogP) is 4.05. The van der Waals surface area contributed by atoms with Crippen LogP contribution in [-0.4, -0.2) is 6.71 Å². The van der Waals surface area contributed by atoms with Gasteiger partial charge in [0.1, 0.15) is 11.5 Å². The molecular formula is C25H20AmBO2-. The molecule has 2 nitrogen and oxygen atoms in total. The predicted molar refractivity (Wildman–Crippen MR) is 111 cm³/mol. The van der Waals surface area contributed by atoms with Crippen LogP contribution in [0.25, 0.3) is 0 Å². The molecule has 7 rings (SSSR count). The fraction of sp³-hybridized carbons (Fsp3) is 0.280. The topological polar surface area (TPSA) is 18.5 Å². The van der Waals surface area contributed by atoms with Gasteiger partial charge in [0.15, 0.2) is 0 Å². The first-order valence-corrected chi connectivity index (χ1v) is 10.4. The molecule has 0 N–H and O–H groups in total. The molecule has 4 aliphatic rings. The van der Waals surface area contributed by atoms with Gasteiger partial charge in [-0.1, -0.05) is 41.9 Å². The zero-order chi connectivity index (χ0) is 18.3. The zero-order valence-corrected chi connectivity index (χ0v) is 19.2. The second-order valence-electron chi connectivity index (χ2n) is 8.92. The van der Waals surface area contributed by atoms with Crippen LogP contribution < -0.4 is 25.9 Å². The SMILES string of the molecule is [Am].[c-]1cc2c3c(c1)Oc1c(cccc1C14CCC(CC1)C4)B3c1ccccc1O2. The summed E-state index contributed by atoms with van der Waals surface area (Å²) in [6.45, 7) is 0.170. The zero-order valence-electron chi connectivity index (χ0n) is 16.1. The van der Waals surface area contributed by atoms with E-state index in [0.717, 1.165) is 34.4 Å². The third-order valence-corrected chi connectivity index (χ3v) is 7.58. The summed E-state index contributed by atoms with van der Waals surface area (Å²) in [5.74, 6) is 4.74. The molecular weight excluding hydrogens is 586 g/mol. The fourth-order valence-electron chi connectivity index (χ4n) is 6.33. The molecule has 0 atom stereocenters. The molecule has 2 aliphatic carbocycles. The summed E-state index contributed by atoms with van der Waals surface area (Å²) in [4.78, 5) is 0. The van der Waals surface area contributed by atoms with Gasteiger partial charge in [-0.15, -0.1) is 12.1 Å². The molecule has 143 valence electrons. The Labute approximate surface area is 179 Å². The van der Waals surface area contributed by atoms with E-state index >= 15 is 0 Å². The van der Waals surface area contributed by atoms with Crippen molar-refractivity contribution >= 4 is 23.1 Å². The minimum Gasteiger partial charge on any atom is -0.518 e. The van der Waals surface area contributed by atoms with Gasteiger partial charge in [0, 0.05) is 25.8 Å². The minimum absolute atomic E-state index is 0. The average molecular weight is 606 g/mol. The van der Waals surface area contributed by atoms with E-state index in [9.17, 15) is 0 Å². The summed E-state index contributed by atoms with van der Waals surface area (Å²) in [6.07, 6.45) is 6.69. The Morgan fingerprint density at radius 2 is 1.62 bits per heavy atom. The van der Waals surface area contributed by atoms with E-state index in [1.165, 1.54) is 48.6 Å². The smallest absolute Gasteiger partial charge is 0.233 e. The Kier molecular flexibility index (Phi) is 3.70.